The molecule has 2 fully saturated rings. The minimum atomic E-state index is -0.139. The molecule has 200 valence electrons. The number of aryl methyl sites for hydroxylation is 2. The Balaban J connectivity index is 1.14. The van der Waals surface area contributed by atoms with Crippen LogP contribution < -0.4 is 15.1 Å². The van der Waals surface area contributed by atoms with Crippen molar-refractivity contribution in [2.45, 2.75) is 58.9 Å². The number of hydrogen-bond acceptors (Lipinski definition) is 5. The van der Waals surface area contributed by atoms with Gasteiger partial charge in [0, 0.05) is 68.4 Å². The number of carbonyl (C=O) groups excluding carboxylic acids is 2. The summed E-state index contributed by atoms with van der Waals surface area (Å²) >= 11 is 0. The van der Waals surface area contributed by atoms with Crippen LogP contribution in [0, 0.1) is 13.8 Å². The zero-order valence-corrected chi connectivity index (χ0v) is 22.9. The fraction of sp³-hybridized carbons (Fsp3) is 0.452. The second-order valence-electron chi connectivity index (χ2n) is 10.8. The number of rotatable bonds is 6. The second kappa shape index (κ2) is 11.4. The summed E-state index contributed by atoms with van der Waals surface area (Å²) in [5.74, 6) is 0.943. The van der Waals surface area contributed by atoms with Gasteiger partial charge in [0.25, 0.3) is 0 Å². The molecule has 0 bridgehead atoms. The average molecular weight is 514 g/mol. The van der Waals surface area contributed by atoms with Gasteiger partial charge in [0.2, 0.25) is 11.8 Å². The average Bonchev–Trinajstić information content (AvgIpc) is 2.92. The molecule has 0 spiro atoms. The number of fused-ring (bicyclic) bond motifs is 1. The Labute approximate surface area is 225 Å². The zero-order chi connectivity index (χ0) is 26.6. The second-order valence-corrected chi connectivity index (χ2v) is 10.8. The first kappa shape index (κ1) is 26.0. The number of piperazine rings is 1. The maximum Gasteiger partial charge on any atom is 0.224 e. The van der Waals surface area contributed by atoms with Crippen molar-refractivity contribution >= 4 is 39.9 Å². The van der Waals surface area contributed by atoms with Crippen LogP contribution in [0.3, 0.4) is 0 Å². The Morgan fingerprint density at radius 3 is 2.53 bits per heavy atom. The van der Waals surface area contributed by atoms with Crippen molar-refractivity contribution in [3.8, 4) is 0 Å². The molecule has 0 unspecified atom stereocenters. The highest BCUT2D eigenvalue weighted by atomic mass is 16.2. The molecule has 7 heteroatoms. The molecular weight excluding hydrogens is 474 g/mol. The van der Waals surface area contributed by atoms with Gasteiger partial charge in [-0.2, -0.15) is 0 Å². The van der Waals surface area contributed by atoms with E-state index in [0.29, 0.717) is 13.1 Å². The molecule has 0 radical (unpaired) electrons. The largest absolute Gasteiger partial charge is 0.365 e. The van der Waals surface area contributed by atoms with Crippen molar-refractivity contribution in [1.29, 1.82) is 0 Å². The van der Waals surface area contributed by atoms with Gasteiger partial charge < -0.3 is 20.0 Å². The van der Waals surface area contributed by atoms with Crippen molar-refractivity contribution < 1.29 is 9.59 Å². The van der Waals surface area contributed by atoms with Crippen molar-refractivity contribution in [1.82, 2.24) is 9.88 Å². The maximum absolute atomic E-state index is 12.9. The Hall–Kier alpha value is -3.61. The molecule has 2 amide bonds. The van der Waals surface area contributed by atoms with Crippen LogP contribution in [-0.4, -0.2) is 60.5 Å². The minimum absolute atomic E-state index is 0.0414. The van der Waals surface area contributed by atoms with Crippen LogP contribution in [0.4, 0.5) is 17.2 Å². The minimum Gasteiger partial charge on any atom is -0.365 e. The van der Waals surface area contributed by atoms with E-state index in [1.807, 2.05) is 23.1 Å². The van der Waals surface area contributed by atoms with E-state index >= 15 is 0 Å². The van der Waals surface area contributed by atoms with Crippen molar-refractivity contribution in [2.75, 3.05) is 47.8 Å². The van der Waals surface area contributed by atoms with Crippen molar-refractivity contribution in [2.24, 2.45) is 0 Å². The van der Waals surface area contributed by atoms with E-state index in [-0.39, 0.29) is 30.7 Å². The van der Waals surface area contributed by atoms with E-state index in [9.17, 15) is 9.59 Å². The summed E-state index contributed by atoms with van der Waals surface area (Å²) in [6, 6.07) is 16.7. The van der Waals surface area contributed by atoms with Crippen LogP contribution in [0.2, 0.25) is 0 Å². The van der Waals surface area contributed by atoms with E-state index in [1.54, 1.807) is 0 Å². The molecule has 5 rings (SSSR count). The van der Waals surface area contributed by atoms with E-state index in [2.05, 4.69) is 66.2 Å². The van der Waals surface area contributed by atoms with Crippen LogP contribution in [0.5, 0.6) is 0 Å². The molecule has 1 atom stereocenters. The summed E-state index contributed by atoms with van der Waals surface area (Å²) < 4.78 is 0. The number of nitrogens with one attached hydrogen (secondary N) is 1. The number of hydrogen-bond donors (Lipinski definition) is 1. The van der Waals surface area contributed by atoms with Gasteiger partial charge in [-0.25, -0.2) is 4.98 Å². The monoisotopic (exact) mass is 513 g/mol. The quantitative estimate of drug-likeness (QED) is 0.485. The molecule has 0 saturated carbocycles. The fourth-order valence-corrected chi connectivity index (χ4v) is 5.72. The zero-order valence-electron chi connectivity index (χ0n) is 22.9. The molecule has 3 aromatic rings. The topological polar surface area (TPSA) is 68.8 Å². The number of nitrogens with zero attached hydrogens (tertiary/aromatic N) is 4. The Bertz CT molecular complexity index is 1320. The normalized spacial score (nSPS) is 18.1. The van der Waals surface area contributed by atoms with E-state index < -0.39 is 0 Å². The Kier molecular flexibility index (Phi) is 7.82. The summed E-state index contributed by atoms with van der Waals surface area (Å²) in [6.45, 7) is 10.6. The summed E-state index contributed by atoms with van der Waals surface area (Å²) in [6.07, 6.45) is 4.12. The number of anilines is 3. The Morgan fingerprint density at radius 1 is 0.947 bits per heavy atom. The maximum atomic E-state index is 12.9. The number of piperidine rings is 1. The Morgan fingerprint density at radius 2 is 1.76 bits per heavy atom. The van der Waals surface area contributed by atoms with Crippen LogP contribution in [0.25, 0.3) is 10.9 Å². The molecule has 2 saturated heterocycles. The standard InChI is InChI=1S/C31H39N5O2/c1-22-8-7-9-26(18-22)36-17-16-35(21-24(36)3)31(38)13-12-30(37)32-25-10-11-28-27(20-25)23(2)19-29(33-28)34-14-5-4-6-15-34/h7-11,18-20,24H,4-6,12-17,21H2,1-3H3,(H,32,37)/t24-/m0/s1. The predicted octanol–water partition coefficient (Wildman–Crippen LogP) is 5.30. The molecule has 2 aliphatic heterocycles. The van der Waals surface area contributed by atoms with Gasteiger partial charge in [-0.15, -0.1) is 0 Å². The number of pyridine rings is 1. The number of carbonyl (C=O) groups is 2. The van der Waals surface area contributed by atoms with Crippen LogP contribution in [0.1, 0.15) is 50.2 Å². The van der Waals surface area contributed by atoms with Crippen LogP contribution in [0.15, 0.2) is 48.5 Å². The molecule has 0 aliphatic carbocycles. The highest BCUT2D eigenvalue weighted by molar-refractivity contribution is 5.96. The number of benzene rings is 2. The summed E-state index contributed by atoms with van der Waals surface area (Å²) in [5.41, 5.74) is 5.27. The predicted molar refractivity (Wildman–Crippen MR) is 155 cm³/mol. The lowest BCUT2D eigenvalue weighted by Crippen LogP contribution is -2.53. The molecular formula is C31H39N5O2. The van der Waals surface area contributed by atoms with Crippen molar-refractivity contribution in [3.63, 3.8) is 0 Å². The third-order valence-electron chi connectivity index (χ3n) is 7.85. The molecule has 1 N–H and O–H groups in total. The van der Waals surface area contributed by atoms with Gasteiger partial charge in [-0.1, -0.05) is 12.1 Å². The lowest BCUT2D eigenvalue weighted by atomic mass is 10.1. The number of amides is 2. The number of aromatic nitrogens is 1. The van der Waals surface area contributed by atoms with Crippen LogP contribution in [-0.2, 0) is 9.59 Å². The van der Waals surface area contributed by atoms with Gasteiger partial charge in [0.1, 0.15) is 5.82 Å². The lowest BCUT2D eigenvalue weighted by Gasteiger charge is -2.41. The molecule has 2 aliphatic rings. The lowest BCUT2D eigenvalue weighted by molar-refractivity contribution is -0.133. The van der Waals surface area contributed by atoms with Crippen molar-refractivity contribution in [3.05, 3.63) is 59.7 Å². The third-order valence-corrected chi connectivity index (χ3v) is 7.85. The first-order valence-corrected chi connectivity index (χ1v) is 13.9. The van der Waals surface area contributed by atoms with Gasteiger partial charge in [0.05, 0.1) is 5.52 Å². The molecule has 7 nitrogen and oxygen atoms in total. The van der Waals surface area contributed by atoms with Gasteiger partial charge >= 0.3 is 0 Å². The first-order chi connectivity index (χ1) is 18.4. The van der Waals surface area contributed by atoms with E-state index in [1.165, 1.54) is 30.5 Å². The molecule has 2 aromatic carbocycles. The van der Waals surface area contributed by atoms with Crippen LogP contribution >= 0.6 is 0 Å². The first-order valence-electron chi connectivity index (χ1n) is 13.9. The summed E-state index contributed by atoms with van der Waals surface area (Å²) in [5, 5.41) is 4.03. The van der Waals surface area contributed by atoms with Gasteiger partial charge in [0.15, 0.2) is 0 Å². The third kappa shape index (κ3) is 5.93. The van der Waals surface area contributed by atoms with E-state index in [4.69, 9.17) is 4.98 Å². The summed E-state index contributed by atoms with van der Waals surface area (Å²) in [7, 11) is 0. The summed E-state index contributed by atoms with van der Waals surface area (Å²) in [4.78, 5) is 37.1. The SMILES string of the molecule is Cc1cccc(N2CCN(C(=O)CCC(=O)Nc3ccc4nc(N5CCCCC5)cc(C)c4c3)C[C@@H]2C)c1. The molecule has 1 aromatic heterocycles. The fourth-order valence-electron chi connectivity index (χ4n) is 5.72. The van der Waals surface area contributed by atoms with Gasteiger partial charge in [-0.05, 0) is 87.6 Å². The van der Waals surface area contributed by atoms with E-state index in [0.717, 1.165) is 47.6 Å². The highest BCUT2D eigenvalue weighted by Gasteiger charge is 2.27. The molecule has 3 heterocycles. The highest BCUT2D eigenvalue weighted by Crippen LogP contribution is 2.27. The smallest absolute Gasteiger partial charge is 0.224 e. The van der Waals surface area contributed by atoms with Gasteiger partial charge in [-0.3, -0.25) is 9.59 Å². The molecule has 38 heavy (non-hydrogen) atoms.